The van der Waals surface area contributed by atoms with E-state index >= 15 is 0 Å². The maximum Gasteiger partial charge on any atom is 0.290 e. The zero-order valence-corrected chi connectivity index (χ0v) is 13.3. The number of rotatable bonds is 4. The van der Waals surface area contributed by atoms with E-state index in [2.05, 4.69) is 4.98 Å². The predicted octanol–water partition coefficient (Wildman–Crippen LogP) is 3.30. The van der Waals surface area contributed by atoms with Crippen molar-refractivity contribution in [3.8, 4) is 5.19 Å². The molecule has 0 spiro atoms. The van der Waals surface area contributed by atoms with Gasteiger partial charge in [-0.25, -0.2) is 9.19 Å². The van der Waals surface area contributed by atoms with Crippen molar-refractivity contribution in [2.24, 2.45) is 0 Å². The summed E-state index contributed by atoms with van der Waals surface area (Å²) in [6, 6.07) is 12.5. The molecule has 0 radical (unpaired) electrons. The molecule has 0 N–H and O–H groups in total. The van der Waals surface area contributed by atoms with Gasteiger partial charge >= 0.3 is 0 Å². The lowest BCUT2D eigenvalue weighted by Gasteiger charge is -2.06. The van der Waals surface area contributed by atoms with Crippen LogP contribution < -0.4 is 4.18 Å². The van der Waals surface area contributed by atoms with Gasteiger partial charge in [0.1, 0.15) is 0 Å². The van der Waals surface area contributed by atoms with Gasteiger partial charge in [-0.05, 0) is 24.3 Å². The maximum absolute atomic E-state index is 12.5. The Kier molecular flexibility index (Phi) is 3.77. The Labute approximate surface area is 134 Å². The summed E-state index contributed by atoms with van der Waals surface area (Å²) in [5, 5.41) is 10.8. The number of aromatic nitrogens is 1. The van der Waals surface area contributed by atoms with Crippen molar-refractivity contribution >= 4 is 47.2 Å². The smallest absolute Gasteiger partial charge is 0.290 e. The van der Waals surface area contributed by atoms with Crippen LogP contribution in [0.2, 0.25) is 0 Å². The first-order chi connectivity index (χ1) is 10.5. The van der Waals surface area contributed by atoms with Crippen molar-refractivity contribution in [3.05, 3.63) is 58.6 Å². The van der Waals surface area contributed by atoms with Crippen molar-refractivity contribution in [1.29, 1.82) is 0 Å². The van der Waals surface area contributed by atoms with Crippen molar-refractivity contribution in [2.45, 2.75) is 4.90 Å². The lowest BCUT2D eigenvalue weighted by molar-refractivity contribution is -0.384. The van der Waals surface area contributed by atoms with Gasteiger partial charge in [0.2, 0.25) is 8.77 Å². The standard InChI is InChI=1S/C13H8N2O4S3/c16-15(17)9-5-7-10(8-6-9)22(18,20)19-13-14-11-3-1-2-4-12(11)21-13/h1-8H. The van der Waals surface area contributed by atoms with Gasteiger partial charge in [-0.15, -0.1) is 0 Å². The Morgan fingerprint density at radius 1 is 1.18 bits per heavy atom. The molecule has 3 aromatic rings. The minimum absolute atomic E-state index is 0.103. The molecule has 6 nitrogen and oxygen atoms in total. The van der Waals surface area contributed by atoms with Gasteiger partial charge in [0.15, 0.2) is 0 Å². The number of benzene rings is 2. The normalized spacial score (nSPS) is 13.6. The number of hydrogen-bond donors (Lipinski definition) is 0. The summed E-state index contributed by atoms with van der Waals surface area (Å²) in [6.07, 6.45) is 0. The molecule has 1 aromatic heterocycles. The van der Waals surface area contributed by atoms with E-state index in [0.717, 1.165) is 10.2 Å². The number of thiazole rings is 1. The monoisotopic (exact) mass is 352 g/mol. The fourth-order valence-electron chi connectivity index (χ4n) is 1.76. The highest BCUT2D eigenvalue weighted by atomic mass is 32.8. The molecule has 0 amide bonds. The van der Waals surface area contributed by atoms with Crippen LogP contribution in [0, 0.1) is 10.1 Å². The lowest BCUT2D eigenvalue weighted by Crippen LogP contribution is -2.08. The molecule has 112 valence electrons. The third-order valence-corrected chi connectivity index (χ3v) is 5.82. The van der Waals surface area contributed by atoms with Crippen LogP contribution in [-0.4, -0.2) is 14.1 Å². The molecule has 1 unspecified atom stereocenters. The second-order valence-electron chi connectivity index (χ2n) is 4.24. The van der Waals surface area contributed by atoms with Gasteiger partial charge in [0, 0.05) is 23.3 Å². The summed E-state index contributed by atoms with van der Waals surface area (Å²) in [4.78, 5) is 14.5. The molecule has 2 aromatic carbocycles. The number of non-ortho nitro benzene ring substituents is 1. The summed E-state index contributed by atoms with van der Waals surface area (Å²) in [7, 11) is -3.24. The van der Waals surface area contributed by atoms with E-state index in [1.54, 1.807) is 0 Å². The van der Waals surface area contributed by atoms with Gasteiger partial charge in [-0.3, -0.25) is 10.1 Å². The molecule has 1 heterocycles. The SMILES string of the molecule is O=[N+]([O-])c1ccc(S(=O)(=S)Oc2nc3ccccc3s2)cc1. The van der Waals surface area contributed by atoms with E-state index in [1.165, 1.54) is 35.6 Å². The number of hydrogen-bond acceptors (Lipinski definition) is 7. The van der Waals surface area contributed by atoms with Crippen LogP contribution in [-0.2, 0) is 20.0 Å². The molecule has 0 aliphatic rings. The lowest BCUT2D eigenvalue weighted by atomic mass is 10.3. The maximum atomic E-state index is 12.5. The summed E-state index contributed by atoms with van der Waals surface area (Å²) in [6.45, 7) is 0. The Hall–Kier alpha value is -2.10. The highest BCUT2D eigenvalue weighted by molar-refractivity contribution is 8.30. The first-order valence-corrected chi connectivity index (χ1v) is 9.23. The van der Waals surface area contributed by atoms with E-state index in [0.29, 0.717) is 0 Å². The number of nitrogens with zero attached hydrogens (tertiary/aromatic N) is 2. The van der Waals surface area contributed by atoms with Crippen LogP contribution in [0.5, 0.6) is 5.19 Å². The van der Waals surface area contributed by atoms with Crippen molar-refractivity contribution < 1.29 is 13.3 Å². The summed E-state index contributed by atoms with van der Waals surface area (Å²) in [5.74, 6) is 0. The van der Waals surface area contributed by atoms with Crippen LogP contribution in [0.1, 0.15) is 0 Å². The average Bonchev–Trinajstić information content (AvgIpc) is 2.88. The van der Waals surface area contributed by atoms with Gasteiger partial charge in [-0.1, -0.05) is 23.5 Å². The van der Waals surface area contributed by atoms with Crippen LogP contribution in [0.25, 0.3) is 10.2 Å². The molecular weight excluding hydrogens is 344 g/mol. The van der Waals surface area contributed by atoms with Crippen molar-refractivity contribution in [1.82, 2.24) is 4.98 Å². The molecule has 0 saturated carbocycles. The molecular formula is C13H8N2O4S3. The van der Waals surface area contributed by atoms with E-state index in [9.17, 15) is 14.3 Å². The highest BCUT2D eigenvalue weighted by Gasteiger charge is 2.17. The molecule has 0 aliphatic heterocycles. The number of nitro groups is 1. The quantitative estimate of drug-likeness (QED) is 0.529. The summed E-state index contributed by atoms with van der Waals surface area (Å²) in [5.41, 5.74) is 0.630. The molecule has 0 aliphatic carbocycles. The van der Waals surface area contributed by atoms with E-state index in [-0.39, 0.29) is 15.8 Å². The summed E-state index contributed by atoms with van der Waals surface area (Å²) >= 11 is 6.25. The van der Waals surface area contributed by atoms with Crippen LogP contribution in [0.3, 0.4) is 0 Å². The topological polar surface area (TPSA) is 82.3 Å². The second kappa shape index (κ2) is 5.59. The van der Waals surface area contributed by atoms with E-state index in [4.69, 9.17) is 15.4 Å². The fraction of sp³-hybridized carbons (Fsp3) is 0. The Bertz CT molecular complexity index is 916. The molecule has 0 saturated heterocycles. The minimum Gasteiger partial charge on any atom is -0.366 e. The molecule has 1 atom stereocenters. The van der Waals surface area contributed by atoms with Gasteiger partial charge in [0.25, 0.3) is 10.9 Å². The zero-order valence-electron chi connectivity index (χ0n) is 10.9. The first kappa shape index (κ1) is 14.8. The first-order valence-electron chi connectivity index (χ1n) is 6.00. The molecule has 22 heavy (non-hydrogen) atoms. The average molecular weight is 352 g/mol. The predicted molar refractivity (Wildman–Crippen MR) is 87.1 cm³/mol. The Morgan fingerprint density at radius 2 is 1.86 bits per heavy atom. The summed E-state index contributed by atoms with van der Waals surface area (Å²) < 4.78 is 18.8. The number of fused-ring (bicyclic) bond motifs is 1. The van der Waals surface area contributed by atoms with Gasteiger partial charge in [-0.2, -0.15) is 0 Å². The van der Waals surface area contributed by atoms with Crippen LogP contribution >= 0.6 is 11.3 Å². The van der Waals surface area contributed by atoms with Crippen molar-refractivity contribution in [2.75, 3.05) is 0 Å². The number of para-hydroxylation sites is 1. The van der Waals surface area contributed by atoms with Crippen LogP contribution in [0.4, 0.5) is 5.69 Å². The Balaban J connectivity index is 1.90. The third-order valence-electron chi connectivity index (χ3n) is 2.79. The fourth-order valence-corrected chi connectivity index (χ4v) is 4.33. The minimum atomic E-state index is -3.24. The third kappa shape index (κ3) is 2.91. The second-order valence-corrected chi connectivity index (χ2v) is 8.09. The largest absolute Gasteiger partial charge is 0.366 e. The molecule has 0 fully saturated rings. The zero-order chi connectivity index (χ0) is 15.7. The van der Waals surface area contributed by atoms with Crippen molar-refractivity contribution in [3.63, 3.8) is 0 Å². The van der Waals surface area contributed by atoms with E-state index in [1.807, 2.05) is 24.3 Å². The molecule has 9 heteroatoms. The van der Waals surface area contributed by atoms with Gasteiger partial charge < -0.3 is 4.18 Å². The van der Waals surface area contributed by atoms with Gasteiger partial charge in [0.05, 0.1) is 20.0 Å². The number of nitro benzene ring substituents is 1. The van der Waals surface area contributed by atoms with E-state index < -0.39 is 13.7 Å². The van der Waals surface area contributed by atoms with Crippen LogP contribution in [0.15, 0.2) is 53.4 Å². The Morgan fingerprint density at radius 3 is 2.50 bits per heavy atom. The molecule has 3 rings (SSSR count). The highest BCUT2D eigenvalue weighted by Crippen LogP contribution is 2.30. The molecule has 0 bridgehead atoms.